The van der Waals surface area contributed by atoms with Gasteiger partial charge in [0.1, 0.15) is 11.3 Å². The van der Waals surface area contributed by atoms with Gasteiger partial charge in [-0.3, -0.25) is 9.59 Å². The van der Waals surface area contributed by atoms with Crippen molar-refractivity contribution in [1.29, 1.82) is 0 Å². The molecule has 1 heterocycles. The van der Waals surface area contributed by atoms with E-state index in [4.69, 9.17) is 11.6 Å². The van der Waals surface area contributed by atoms with Crippen LogP contribution >= 0.6 is 11.6 Å². The summed E-state index contributed by atoms with van der Waals surface area (Å²) in [6.45, 7) is 1.69. The van der Waals surface area contributed by atoms with Gasteiger partial charge in [-0.05, 0) is 19.8 Å². The minimum Gasteiger partial charge on any atom is -0.312 e. The number of rotatable bonds is 1. The quantitative estimate of drug-likeness (QED) is 0.561. The van der Waals surface area contributed by atoms with Gasteiger partial charge in [0.15, 0.2) is 0 Å². The molecule has 0 aromatic heterocycles. The van der Waals surface area contributed by atoms with Gasteiger partial charge in [0.25, 0.3) is 5.91 Å². The summed E-state index contributed by atoms with van der Waals surface area (Å²) >= 11 is 5.82. The maximum atomic E-state index is 12.0. The Morgan fingerprint density at radius 1 is 1.31 bits per heavy atom. The van der Waals surface area contributed by atoms with Crippen LogP contribution in [0.25, 0.3) is 0 Å². The van der Waals surface area contributed by atoms with Crippen LogP contribution in [-0.4, -0.2) is 23.0 Å². The minimum atomic E-state index is -0.895. The van der Waals surface area contributed by atoms with Crippen molar-refractivity contribution in [3.63, 3.8) is 0 Å². The molecule has 2 amide bonds. The van der Waals surface area contributed by atoms with Gasteiger partial charge in [-0.2, -0.15) is 4.99 Å². The van der Waals surface area contributed by atoms with Crippen molar-refractivity contribution in [2.45, 2.75) is 44.4 Å². The number of carbonyl (C=O) groups is 2. The Labute approximate surface area is 99.4 Å². The van der Waals surface area contributed by atoms with Crippen molar-refractivity contribution in [3.05, 3.63) is 0 Å². The molecule has 1 aliphatic heterocycles. The average Bonchev–Trinajstić information content (AvgIpc) is 2.27. The lowest BCUT2D eigenvalue weighted by Gasteiger charge is -2.35. The fraction of sp³-hybridized carbons (Fsp3) is 0.727. The van der Waals surface area contributed by atoms with E-state index in [-0.39, 0.29) is 17.6 Å². The van der Waals surface area contributed by atoms with E-state index in [0.29, 0.717) is 12.8 Å². The molecular weight excluding hydrogens is 228 g/mol. The van der Waals surface area contributed by atoms with Crippen LogP contribution in [0, 0.1) is 5.41 Å². The lowest BCUT2D eigenvalue weighted by molar-refractivity contribution is -0.144. The van der Waals surface area contributed by atoms with Crippen LogP contribution in [-0.2, 0) is 9.59 Å². The average molecular weight is 243 g/mol. The molecule has 1 atom stereocenters. The summed E-state index contributed by atoms with van der Waals surface area (Å²) in [7, 11) is 0. The highest BCUT2D eigenvalue weighted by Gasteiger charge is 2.49. The Balaban J connectivity index is 2.30. The molecule has 1 saturated carbocycles. The van der Waals surface area contributed by atoms with Crippen molar-refractivity contribution < 1.29 is 9.59 Å². The third-order valence-electron chi connectivity index (χ3n) is 3.39. The Morgan fingerprint density at radius 3 is 2.44 bits per heavy atom. The van der Waals surface area contributed by atoms with Gasteiger partial charge in [0, 0.05) is 0 Å². The molecule has 1 N–H and O–H groups in total. The monoisotopic (exact) mass is 242 g/mol. The van der Waals surface area contributed by atoms with E-state index in [1.165, 1.54) is 0 Å². The molecule has 4 nitrogen and oxygen atoms in total. The molecule has 1 aliphatic carbocycles. The molecule has 0 saturated heterocycles. The first kappa shape index (κ1) is 11.6. The fourth-order valence-corrected chi connectivity index (χ4v) is 2.47. The number of aliphatic imine (C=N–C) groups is 1. The summed E-state index contributed by atoms with van der Waals surface area (Å²) in [5.41, 5.74) is -0.895. The Morgan fingerprint density at radius 2 is 1.94 bits per heavy atom. The van der Waals surface area contributed by atoms with E-state index in [9.17, 15) is 9.59 Å². The highest BCUT2D eigenvalue weighted by Crippen LogP contribution is 2.39. The van der Waals surface area contributed by atoms with Crippen molar-refractivity contribution in [3.8, 4) is 0 Å². The number of nitrogens with zero attached hydrogens (tertiary/aromatic N) is 1. The molecule has 1 fully saturated rings. The van der Waals surface area contributed by atoms with E-state index < -0.39 is 10.8 Å². The van der Waals surface area contributed by atoms with Crippen LogP contribution in [0.5, 0.6) is 0 Å². The van der Waals surface area contributed by atoms with Gasteiger partial charge >= 0.3 is 0 Å². The summed E-state index contributed by atoms with van der Waals surface area (Å²) < 4.78 is 0. The molecule has 16 heavy (non-hydrogen) atoms. The molecular formula is C11H15ClN2O2. The third kappa shape index (κ3) is 1.75. The first-order valence-electron chi connectivity index (χ1n) is 5.65. The molecule has 0 aromatic rings. The zero-order chi connectivity index (χ0) is 11.8. The van der Waals surface area contributed by atoms with Gasteiger partial charge < -0.3 is 5.32 Å². The second kappa shape index (κ2) is 4.17. The topological polar surface area (TPSA) is 58.5 Å². The molecule has 0 bridgehead atoms. The Kier molecular flexibility index (Phi) is 3.02. The molecule has 0 aromatic carbocycles. The summed E-state index contributed by atoms with van der Waals surface area (Å²) in [4.78, 5) is 27.9. The molecule has 1 unspecified atom stereocenters. The van der Waals surface area contributed by atoms with Gasteiger partial charge in [0.2, 0.25) is 5.91 Å². The first-order chi connectivity index (χ1) is 7.56. The van der Waals surface area contributed by atoms with Crippen LogP contribution in [0.3, 0.4) is 0 Å². The van der Waals surface area contributed by atoms with Gasteiger partial charge in [-0.1, -0.05) is 19.3 Å². The largest absolute Gasteiger partial charge is 0.312 e. The van der Waals surface area contributed by atoms with E-state index in [1.54, 1.807) is 6.92 Å². The molecule has 88 valence electrons. The van der Waals surface area contributed by atoms with E-state index in [1.807, 2.05) is 0 Å². The standard InChI is InChI=1S/C11H15ClN2O2/c1-7(12)8-13-9(15)11(10(16)14-8)5-3-2-4-6-11/h7H,2-6H2,1H3,(H,13,14,15,16). The highest BCUT2D eigenvalue weighted by molar-refractivity contribution is 6.35. The van der Waals surface area contributed by atoms with Crippen LogP contribution < -0.4 is 5.32 Å². The maximum Gasteiger partial charge on any atom is 0.263 e. The van der Waals surface area contributed by atoms with Crippen molar-refractivity contribution in [2.24, 2.45) is 10.4 Å². The summed E-state index contributed by atoms with van der Waals surface area (Å²) in [6.07, 6.45) is 4.15. The van der Waals surface area contributed by atoms with Gasteiger partial charge in [-0.15, -0.1) is 11.6 Å². The number of hydrogen-bond donors (Lipinski definition) is 1. The fourth-order valence-electron chi connectivity index (χ4n) is 2.36. The second-order valence-electron chi connectivity index (χ2n) is 4.52. The molecule has 1 spiro atoms. The van der Waals surface area contributed by atoms with Crippen LogP contribution in [0.2, 0.25) is 0 Å². The number of halogens is 1. The third-order valence-corrected chi connectivity index (χ3v) is 3.60. The lowest BCUT2D eigenvalue weighted by Crippen LogP contribution is -2.54. The number of amides is 2. The Bertz CT molecular complexity index is 357. The van der Waals surface area contributed by atoms with Gasteiger partial charge in [0.05, 0.1) is 5.38 Å². The van der Waals surface area contributed by atoms with E-state index in [2.05, 4.69) is 10.3 Å². The molecule has 5 heteroatoms. The van der Waals surface area contributed by atoms with Crippen LogP contribution in [0.1, 0.15) is 39.0 Å². The summed E-state index contributed by atoms with van der Waals surface area (Å²) in [5, 5.41) is 2.23. The number of carbonyl (C=O) groups excluding carboxylic acids is 2. The normalized spacial score (nSPS) is 26.2. The van der Waals surface area contributed by atoms with E-state index in [0.717, 1.165) is 19.3 Å². The van der Waals surface area contributed by atoms with Crippen molar-refractivity contribution in [1.82, 2.24) is 5.32 Å². The lowest BCUT2D eigenvalue weighted by atomic mass is 9.72. The zero-order valence-corrected chi connectivity index (χ0v) is 10.0. The summed E-state index contributed by atoms with van der Waals surface area (Å²) in [6, 6.07) is 0. The smallest absolute Gasteiger partial charge is 0.263 e. The summed E-state index contributed by atoms with van der Waals surface area (Å²) in [5.74, 6) is -0.235. The maximum absolute atomic E-state index is 12.0. The SMILES string of the molecule is CC(Cl)C1=NC(=O)C2(CCCCC2)C(=O)N1. The second-order valence-corrected chi connectivity index (χ2v) is 5.17. The Hall–Kier alpha value is -0.900. The highest BCUT2D eigenvalue weighted by atomic mass is 35.5. The first-order valence-corrected chi connectivity index (χ1v) is 6.08. The predicted octanol–water partition coefficient (Wildman–Crippen LogP) is 1.62. The number of alkyl halides is 1. The van der Waals surface area contributed by atoms with Gasteiger partial charge in [-0.25, -0.2) is 0 Å². The molecule has 2 rings (SSSR count). The minimum absolute atomic E-state index is 0.213. The van der Waals surface area contributed by atoms with Crippen LogP contribution in [0.4, 0.5) is 0 Å². The number of hydrogen-bond acceptors (Lipinski definition) is 2. The number of amidine groups is 1. The van der Waals surface area contributed by atoms with Crippen molar-refractivity contribution in [2.75, 3.05) is 0 Å². The van der Waals surface area contributed by atoms with E-state index >= 15 is 0 Å². The molecule has 2 aliphatic rings. The predicted molar refractivity (Wildman–Crippen MR) is 61.4 cm³/mol. The van der Waals surface area contributed by atoms with Crippen LogP contribution in [0.15, 0.2) is 4.99 Å². The zero-order valence-electron chi connectivity index (χ0n) is 9.25. The molecule has 0 radical (unpaired) electrons. The number of nitrogens with one attached hydrogen (secondary N) is 1. The van der Waals surface area contributed by atoms with Crippen molar-refractivity contribution >= 4 is 29.3 Å².